The Morgan fingerprint density at radius 2 is 2.05 bits per heavy atom. The number of aryl methyl sites for hydroxylation is 1. The normalized spacial score (nSPS) is 24.5. The van der Waals surface area contributed by atoms with Gasteiger partial charge in [0.15, 0.2) is 0 Å². The lowest BCUT2D eigenvalue weighted by atomic mass is 9.72. The van der Waals surface area contributed by atoms with Crippen LogP contribution in [0.4, 0.5) is 5.82 Å². The zero-order valence-corrected chi connectivity index (χ0v) is 12.3. The first-order valence-corrected chi connectivity index (χ1v) is 7.60. The third-order valence-corrected chi connectivity index (χ3v) is 4.83. The van der Waals surface area contributed by atoms with E-state index in [0.717, 1.165) is 31.4 Å². The number of hydrogen-bond donors (Lipinski definition) is 1. The molecule has 1 saturated heterocycles. The van der Waals surface area contributed by atoms with Crippen molar-refractivity contribution in [2.24, 2.45) is 11.1 Å². The Hall–Kier alpha value is -1.91. The Kier molecular flexibility index (Phi) is 3.43. The Balaban J connectivity index is 2.00. The molecule has 5 nitrogen and oxygen atoms in total. The van der Waals surface area contributed by atoms with Gasteiger partial charge >= 0.3 is 0 Å². The molecule has 1 aliphatic carbocycles. The van der Waals surface area contributed by atoms with E-state index in [0.29, 0.717) is 12.2 Å². The molecular formula is C16H21N3O2. The predicted octanol–water partition coefficient (Wildman–Crippen LogP) is 1.93. The molecule has 0 aromatic carbocycles. The van der Waals surface area contributed by atoms with Gasteiger partial charge in [-0.2, -0.15) is 0 Å². The number of anilines is 1. The number of carbonyl (C=O) groups is 2. The van der Waals surface area contributed by atoms with Gasteiger partial charge in [-0.25, -0.2) is 4.98 Å². The van der Waals surface area contributed by atoms with Crippen molar-refractivity contribution < 1.29 is 9.59 Å². The molecule has 2 amide bonds. The van der Waals surface area contributed by atoms with Crippen LogP contribution < -0.4 is 10.6 Å². The SMILES string of the molecule is Cc1cccc(N2C(=O)C3(CCCCC3)CC2C(N)=O)n1. The molecule has 1 aliphatic heterocycles. The van der Waals surface area contributed by atoms with Gasteiger partial charge in [-0.05, 0) is 38.3 Å². The summed E-state index contributed by atoms with van der Waals surface area (Å²) in [6, 6.07) is 4.95. The van der Waals surface area contributed by atoms with Crippen molar-refractivity contribution >= 4 is 17.6 Å². The van der Waals surface area contributed by atoms with E-state index in [2.05, 4.69) is 4.98 Å². The first kappa shape index (κ1) is 14.0. The highest BCUT2D eigenvalue weighted by atomic mass is 16.2. The number of carbonyl (C=O) groups excluding carboxylic acids is 2. The third kappa shape index (κ3) is 2.30. The van der Waals surface area contributed by atoms with Gasteiger partial charge in [0.05, 0.1) is 5.41 Å². The topological polar surface area (TPSA) is 76.3 Å². The lowest BCUT2D eigenvalue weighted by Crippen LogP contribution is -2.43. The largest absolute Gasteiger partial charge is 0.368 e. The fraction of sp³-hybridized carbons (Fsp3) is 0.562. The highest BCUT2D eigenvalue weighted by Crippen LogP contribution is 2.48. The van der Waals surface area contributed by atoms with Crippen LogP contribution in [0.15, 0.2) is 18.2 Å². The third-order valence-electron chi connectivity index (χ3n) is 4.83. The molecule has 2 N–H and O–H groups in total. The van der Waals surface area contributed by atoms with E-state index in [1.54, 1.807) is 11.0 Å². The molecule has 21 heavy (non-hydrogen) atoms. The molecule has 112 valence electrons. The number of nitrogens with zero attached hydrogens (tertiary/aromatic N) is 2. The molecule has 1 aromatic heterocycles. The number of rotatable bonds is 2. The highest BCUT2D eigenvalue weighted by molar-refractivity contribution is 6.06. The van der Waals surface area contributed by atoms with E-state index in [1.807, 2.05) is 19.1 Å². The highest BCUT2D eigenvalue weighted by Gasteiger charge is 2.54. The van der Waals surface area contributed by atoms with Crippen molar-refractivity contribution in [1.29, 1.82) is 0 Å². The zero-order chi connectivity index (χ0) is 15.0. The Morgan fingerprint density at radius 1 is 1.33 bits per heavy atom. The summed E-state index contributed by atoms with van der Waals surface area (Å²) < 4.78 is 0. The maximum Gasteiger partial charge on any atom is 0.240 e. The smallest absolute Gasteiger partial charge is 0.240 e. The maximum absolute atomic E-state index is 13.0. The number of primary amides is 1. The van der Waals surface area contributed by atoms with Crippen LogP contribution in [0.3, 0.4) is 0 Å². The van der Waals surface area contributed by atoms with Crippen LogP contribution >= 0.6 is 0 Å². The second kappa shape index (κ2) is 5.13. The summed E-state index contributed by atoms with van der Waals surface area (Å²) >= 11 is 0. The van der Waals surface area contributed by atoms with Gasteiger partial charge in [-0.1, -0.05) is 25.3 Å². The molecule has 1 atom stereocenters. The van der Waals surface area contributed by atoms with Gasteiger partial charge in [0, 0.05) is 5.69 Å². The first-order chi connectivity index (χ1) is 10.0. The predicted molar refractivity (Wildman–Crippen MR) is 79.6 cm³/mol. The van der Waals surface area contributed by atoms with Crippen molar-refractivity contribution in [1.82, 2.24) is 4.98 Å². The number of nitrogens with two attached hydrogens (primary N) is 1. The summed E-state index contributed by atoms with van der Waals surface area (Å²) in [5.41, 5.74) is 5.98. The molecule has 2 fully saturated rings. The van der Waals surface area contributed by atoms with Crippen LogP contribution in [-0.2, 0) is 9.59 Å². The van der Waals surface area contributed by atoms with Gasteiger partial charge in [-0.15, -0.1) is 0 Å². The Morgan fingerprint density at radius 3 is 2.67 bits per heavy atom. The average molecular weight is 287 g/mol. The Labute approximate surface area is 124 Å². The lowest BCUT2D eigenvalue weighted by Gasteiger charge is -2.31. The van der Waals surface area contributed by atoms with E-state index < -0.39 is 17.4 Å². The van der Waals surface area contributed by atoms with Crippen molar-refractivity contribution in [3.63, 3.8) is 0 Å². The molecule has 0 radical (unpaired) electrons. The fourth-order valence-corrected chi connectivity index (χ4v) is 3.75. The molecule has 1 unspecified atom stereocenters. The molecule has 1 aromatic rings. The standard InChI is InChI=1S/C16H21N3O2/c1-11-6-5-7-13(18-11)19-12(14(17)20)10-16(15(19)21)8-3-2-4-9-16/h5-7,12H,2-4,8-10H2,1H3,(H2,17,20). The second-order valence-electron chi connectivity index (χ2n) is 6.28. The lowest BCUT2D eigenvalue weighted by molar-refractivity contribution is -0.127. The summed E-state index contributed by atoms with van der Waals surface area (Å²) in [4.78, 5) is 30.8. The minimum Gasteiger partial charge on any atom is -0.368 e. The van der Waals surface area contributed by atoms with E-state index in [-0.39, 0.29) is 5.91 Å². The van der Waals surface area contributed by atoms with Crippen LogP contribution in [0, 0.1) is 12.3 Å². The second-order valence-corrected chi connectivity index (χ2v) is 6.28. The molecule has 1 spiro atoms. The van der Waals surface area contributed by atoms with Crippen LogP contribution in [0.2, 0.25) is 0 Å². The van der Waals surface area contributed by atoms with Gasteiger partial charge < -0.3 is 5.73 Å². The summed E-state index contributed by atoms with van der Waals surface area (Å²) in [6.07, 6.45) is 5.52. The van der Waals surface area contributed by atoms with Crippen LogP contribution in [0.1, 0.15) is 44.2 Å². The van der Waals surface area contributed by atoms with Gasteiger partial charge in [-0.3, -0.25) is 14.5 Å². The molecule has 1 saturated carbocycles. The fourth-order valence-electron chi connectivity index (χ4n) is 3.75. The molecule has 2 heterocycles. The van der Waals surface area contributed by atoms with Crippen molar-refractivity contribution in [2.75, 3.05) is 4.90 Å². The molecular weight excluding hydrogens is 266 g/mol. The molecule has 5 heteroatoms. The van der Waals surface area contributed by atoms with E-state index >= 15 is 0 Å². The van der Waals surface area contributed by atoms with Crippen molar-refractivity contribution in [2.45, 2.75) is 51.5 Å². The van der Waals surface area contributed by atoms with E-state index in [9.17, 15) is 9.59 Å². The van der Waals surface area contributed by atoms with Crippen molar-refractivity contribution in [3.8, 4) is 0 Å². The van der Waals surface area contributed by atoms with Crippen molar-refractivity contribution in [3.05, 3.63) is 23.9 Å². The van der Waals surface area contributed by atoms with Crippen LogP contribution in [0.5, 0.6) is 0 Å². The van der Waals surface area contributed by atoms with Gasteiger partial charge in [0.1, 0.15) is 11.9 Å². The molecule has 0 bridgehead atoms. The molecule has 2 aliphatic rings. The minimum atomic E-state index is -0.565. The first-order valence-electron chi connectivity index (χ1n) is 7.60. The number of pyridine rings is 1. The number of amides is 2. The monoisotopic (exact) mass is 287 g/mol. The Bertz CT molecular complexity index is 579. The molecule has 3 rings (SSSR count). The average Bonchev–Trinajstić information content (AvgIpc) is 2.74. The van der Waals surface area contributed by atoms with Crippen LogP contribution in [0.25, 0.3) is 0 Å². The summed E-state index contributed by atoms with van der Waals surface area (Å²) in [5, 5.41) is 0. The minimum absolute atomic E-state index is 0.0316. The number of aromatic nitrogens is 1. The van der Waals surface area contributed by atoms with Gasteiger partial charge in [0.2, 0.25) is 11.8 Å². The van der Waals surface area contributed by atoms with Gasteiger partial charge in [0.25, 0.3) is 0 Å². The quantitative estimate of drug-likeness (QED) is 0.903. The maximum atomic E-state index is 13.0. The van der Waals surface area contributed by atoms with Crippen LogP contribution in [-0.4, -0.2) is 22.8 Å². The zero-order valence-electron chi connectivity index (χ0n) is 12.3. The summed E-state index contributed by atoms with van der Waals surface area (Å²) in [5.74, 6) is 0.143. The van der Waals surface area contributed by atoms with E-state index in [4.69, 9.17) is 5.73 Å². The summed E-state index contributed by atoms with van der Waals surface area (Å²) in [6.45, 7) is 1.87. The number of hydrogen-bond acceptors (Lipinski definition) is 3. The van der Waals surface area contributed by atoms with E-state index in [1.165, 1.54) is 6.42 Å². The summed E-state index contributed by atoms with van der Waals surface area (Å²) in [7, 11) is 0.